The molecule has 0 atom stereocenters. The van der Waals surface area contributed by atoms with Gasteiger partial charge in [0.05, 0.1) is 0 Å². The Morgan fingerprint density at radius 2 is 1.42 bits per heavy atom. The maximum absolute atomic E-state index is 3.45. The van der Waals surface area contributed by atoms with Gasteiger partial charge in [-0.15, -0.1) is 0 Å². The molecule has 1 fully saturated rings. The zero-order valence-corrected chi connectivity index (χ0v) is 18.0. The van der Waals surface area contributed by atoms with Crippen molar-refractivity contribution < 1.29 is 0 Å². The van der Waals surface area contributed by atoms with Crippen LogP contribution >= 0.6 is 0 Å². The van der Waals surface area contributed by atoms with Crippen LogP contribution in [0.1, 0.15) is 93.4 Å². The van der Waals surface area contributed by atoms with Gasteiger partial charge in [-0.1, -0.05) is 74.1 Å². The van der Waals surface area contributed by atoms with Gasteiger partial charge in [0.15, 0.2) is 0 Å². The lowest BCUT2D eigenvalue weighted by Crippen LogP contribution is -2.35. The molecule has 0 bridgehead atoms. The lowest BCUT2D eigenvalue weighted by molar-refractivity contribution is 0.256. The van der Waals surface area contributed by atoms with Crippen LogP contribution in [-0.2, 0) is 0 Å². The monoisotopic (exact) mass is 340 g/mol. The molecule has 1 aliphatic carbocycles. The molecular weight excluding hydrogens is 292 g/mol. The van der Waals surface area contributed by atoms with Crippen molar-refractivity contribution in [3.63, 3.8) is 0 Å². The van der Waals surface area contributed by atoms with Gasteiger partial charge in [-0.25, -0.2) is 0 Å². The molecule has 0 amide bonds. The smallest absolute Gasteiger partial charge is 0.0107 e. The van der Waals surface area contributed by atoms with E-state index in [1.165, 1.54) is 64.6 Å². The maximum Gasteiger partial charge on any atom is 0.0107 e. The predicted molar refractivity (Wildman–Crippen MR) is 111 cm³/mol. The summed E-state index contributed by atoms with van der Waals surface area (Å²) in [5.74, 6) is 2.98. The van der Waals surface area contributed by atoms with E-state index >= 15 is 0 Å². The van der Waals surface area contributed by atoms with E-state index in [1.807, 2.05) is 0 Å². The van der Waals surface area contributed by atoms with Gasteiger partial charge in [0.25, 0.3) is 0 Å². The van der Waals surface area contributed by atoms with E-state index in [-0.39, 0.29) is 0 Å². The molecule has 1 saturated carbocycles. The Kier molecular flexibility index (Phi) is 15.1. The normalized spacial score (nSPS) is 21.2. The summed E-state index contributed by atoms with van der Waals surface area (Å²) in [6.45, 7) is 20.8. The van der Waals surface area contributed by atoms with Gasteiger partial charge in [-0.05, 0) is 50.1 Å². The Bertz CT molecular complexity index is 249. The molecule has 0 aliphatic heterocycles. The first-order chi connectivity index (χ1) is 11.4. The molecule has 0 aromatic rings. The van der Waals surface area contributed by atoms with Gasteiger partial charge >= 0.3 is 0 Å². The SMILES string of the molecule is CC(C)CC1CCC(C)CC1.CCCN(CCC)CCNC(C)C. The number of nitrogens with one attached hydrogen (secondary N) is 1. The van der Waals surface area contributed by atoms with Gasteiger partial charge < -0.3 is 10.2 Å². The summed E-state index contributed by atoms with van der Waals surface area (Å²) in [6, 6.07) is 0.616. The quantitative estimate of drug-likeness (QED) is 0.527. The van der Waals surface area contributed by atoms with Crippen molar-refractivity contribution in [3.05, 3.63) is 0 Å². The van der Waals surface area contributed by atoms with Crippen molar-refractivity contribution >= 4 is 0 Å². The highest BCUT2D eigenvalue weighted by Gasteiger charge is 2.18. The van der Waals surface area contributed by atoms with Crippen LogP contribution in [0.4, 0.5) is 0 Å². The number of hydrogen-bond acceptors (Lipinski definition) is 2. The van der Waals surface area contributed by atoms with Crippen molar-refractivity contribution in [2.45, 2.75) is 99.5 Å². The highest BCUT2D eigenvalue weighted by Crippen LogP contribution is 2.31. The minimum atomic E-state index is 0.616. The second kappa shape index (κ2) is 15.2. The molecule has 0 unspecified atom stereocenters. The van der Waals surface area contributed by atoms with Crippen LogP contribution in [0.5, 0.6) is 0 Å². The lowest BCUT2D eigenvalue weighted by Gasteiger charge is -2.27. The van der Waals surface area contributed by atoms with Gasteiger partial charge in [-0.2, -0.15) is 0 Å². The van der Waals surface area contributed by atoms with Crippen molar-refractivity contribution in [3.8, 4) is 0 Å². The zero-order valence-electron chi connectivity index (χ0n) is 18.0. The molecule has 146 valence electrons. The Labute approximate surface area is 154 Å². The molecule has 2 heteroatoms. The van der Waals surface area contributed by atoms with E-state index in [4.69, 9.17) is 0 Å². The van der Waals surface area contributed by atoms with Gasteiger partial charge in [0, 0.05) is 19.1 Å². The first kappa shape index (κ1) is 23.9. The number of hydrogen-bond donors (Lipinski definition) is 1. The summed E-state index contributed by atoms with van der Waals surface area (Å²) in [4.78, 5) is 2.54. The van der Waals surface area contributed by atoms with Crippen LogP contribution in [0.15, 0.2) is 0 Å². The summed E-state index contributed by atoms with van der Waals surface area (Å²) in [5, 5.41) is 3.45. The molecule has 1 aliphatic rings. The minimum absolute atomic E-state index is 0.616. The van der Waals surface area contributed by atoms with E-state index in [0.717, 1.165) is 24.3 Å². The first-order valence-corrected chi connectivity index (χ1v) is 10.8. The van der Waals surface area contributed by atoms with E-state index in [9.17, 15) is 0 Å². The molecule has 0 spiro atoms. The third kappa shape index (κ3) is 14.3. The van der Waals surface area contributed by atoms with Crippen LogP contribution in [0, 0.1) is 17.8 Å². The topological polar surface area (TPSA) is 15.3 Å². The molecule has 1 rings (SSSR count). The minimum Gasteiger partial charge on any atom is -0.313 e. The maximum atomic E-state index is 3.45. The summed E-state index contributed by atoms with van der Waals surface area (Å²) >= 11 is 0. The summed E-state index contributed by atoms with van der Waals surface area (Å²) in [5.41, 5.74) is 0. The molecule has 0 saturated heterocycles. The molecule has 2 nitrogen and oxygen atoms in total. The van der Waals surface area contributed by atoms with Crippen LogP contribution in [0.25, 0.3) is 0 Å². The van der Waals surface area contributed by atoms with Gasteiger partial charge in [0.1, 0.15) is 0 Å². The standard InChI is InChI=1S/C11H26N2.C11H22/c1-5-8-13(9-6-2)10-7-12-11(3)4;1-9(2)8-11-6-4-10(3)5-7-11/h11-12H,5-10H2,1-4H3;9-11H,4-8H2,1-3H3. The van der Waals surface area contributed by atoms with Crippen molar-refractivity contribution in [1.29, 1.82) is 0 Å². The highest BCUT2D eigenvalue weighted by atomic mass is 15.1. The fourth-order valence-electron chi connectivity index (χ4n) is 3.71. The Morgan fingerprint density at radius 1 is 0.875 bits per heavy atom. The highest BCUT2D eigenvalue weighted by molar-refractivity contribution is 4.70. The fourth-order valence-corrected chi connectivity index (χ4v) is 3.71. The third-order valence-electron chi connectivity index (χ3n) is 5.00. The lowest BCUT2D eigenvalue weighted by atomic mass is 9.79. The van der Waals surface area contributed by atoms with Crippen LogP contribution in [0.3, 0.4) is 0 Å². The second-order valence-corrected chi connectivity index (χ2v) is 8.71. The zero-order chi connectivity index (χ0) is 18.4. The second-order valence-electron chi connectivity index (χ2n) is 8.71. The van der Waals surface area contributed by atoms with Crippen LogP contribution < -0.4 is 5.32 Å². The van der Waals surface area contributed by atoms with E-state index in [0.29, 0.717) is 6.04 Å². The molecular formula is C22H48N2. The predicted octanol–water partition coefficient (Wildman–Crippen LogP) is 5.97. The first-order valence-electron chi connectivity index (χ1n) is 10.8. The van der Waals surface area contributed by atoms with Crippen molar-refractivity contribution in [1.82, 2.24) is 10.2 Å². The molecule has 0 radical (unpaired) electrons. The third-order valence-corrected chi connectivity index (χ3v) is 5.00. The van der Waals surface area contributed by atoms with E-state index in [2.05, 4.69) is 58.7 Å². The largest absolute Gasteiger partial charge is 0.313 e. The molecule has 0 aromatic heterocycles. The Balaban J connectivity index is 0.000000446. The van der Waals surface area contributed by atoms with Crippen LogP contribution in [-0.4, -0.2) is 37.1 Å². The van der Waals surface area contributed by atoms with Gasteiger partial charge in [-0.3, -0.25) is 0 Å². The number of rotatable bonds is 10. The van der Waals surface area contributed by atoms with Crippen LogP contribution in [0.2, 0.25) is 0 Å². The Hall–Kier alpha value is -0.0800. The number of nitrogens with zero attached hydrogens (tertiary/aromatic N) is 1. The summed E-state index contributed by atoms with van der Waals surface area (Å²) in [6.07, 6.45) is 9.96. The average molecular weight is 341 g/mol. The summed E-state index contributed by atoms with van der Waals surface area (Å²) < 4.78 is 0. The van der Waals surface area contributed by atoms with Gasteiger partial charge in [0.2, 0.25) is 0 Å². The Morgan fingerprint density at radius 3 is 1.83 bits per heavy atom. The molecule has 0 aromatic carbocycles. The fraction of sp³-hybridized carbons (Fsp3) is 1.00. The van der Waals surface area contributed by atoms with Crippen molar-refractivity contribution in [2.75, 3.05) is 26.2 Å². The van der Waals surface area contributed by atoms with Crippen molar-refractivity contribution in [2.24, 2.45) is 17.8 Å². The average Bonchev–Trinajstić information content (AvgIpc) is 2.50. The molecule has 24 heavy (non-hydrogen) atoms. The summed E-state index contributed by atoms with van der Waals surface area (Å²) in [7, 11) is 0. The molecule has 0 heterocycles. The van der Waals surface area contributed by atoms with E-state index < -0.39 is 0 Å². The molecule has 1 N–H and O–H groups in total. The van der Waals surface area contributed by atoms with E-state index in [1.54, 1.807) is 0 Å².